The molecule has 3 aromatic rings. The summed E-state index contributed by atoms with van der Waals surface area (Å²) in [6.45, 7) is 1.59. The van der Waals surface area contributed by atoms with Crippen molar-refractivity contribution in [2.24, 2.45) is 11.5 Å². The molecule has 0 bridgehead atoms. The van der Waals surface area contributed by atoms with E-state index in [1.807, 2.05) is 0 Å². The second-order valence-corrected chi connectivity index (χ2v) is 7.10. The van der Waals surface area contributed by atoms with Crippen LogP contribution in [0.15, 0.2) is 23.0 Å². The third-order valence-electron chi connectivity index (χ3n) is 4.42. The molecule has 0 spiro atoms. The number of nitrogen functional groups attached to an aromatic ring is 1. The molecule has 0 atom stereocenters. The van der Waals surface area contributed by atoms with Crippen LogP contribution in [0.4, 0.5) is 11.6 Å². The quantitative estimate of drug-likeness (QED) is 0.646. The van der Waals surface area contributed by atoms with Crippen LogP contribution in [0.25, 0.3) is 21.5 Å². The number of piperidine rings is 1. The summed E-state index contributed by atoms with van der Waals surface area (Å²) in [6, 6.07) is 2.02. The zero-order valence-electron chi connectivity index (χ0n) is 13.4. The Labute approximate surface area is 147 Å². The van der Waals surface area contributed by atoms with Gasteiger partial charge in [0.05, 0.1) is 29.3 Å². The summed E-state index contributed by atoms with van der Waals surface area (Å²) in [5.74, 6) is 0.0389. The number of amides is 1. The highest BCUT2D eigenvalue weighted by atomic mass is 32.1. The highest BCUT2D eigenvalue weighted by molar-refractivity contribution is 7.21. The minimum absolute atomic E-state index is 0.215. The lowest BCUT2D eigenvalue weighted by atomic mass is 10.1. The Balaban J connectivity index is 1.90. The predicted molar refractivity (Wildman–Crippen MR) is 97.5 cm³/mol. The van der Waals surface area contributed by atoms with Crippen LogP contribution in [0, 0.1) is 0 Å². The van der Waals surface area contributed by atoms with Crippen LogP contribution in [-0.2, 0) is 0 Å². The minimum Gasteiger partial charge on any atom is -0.472 e. The standard InChI is InChI=1S/C16H18N6O2S/c17-9-1-4-22(5-2-9)16-20-12(8-3-6-24-7-8)10-11(18)13(14(19)23)25-15(10)21-16/h3,6-7,9H,1-2,4-5,17-18H2,(H2,19,23). The van der Waals surface area contributed by atoms with Gasteiger partial charge in [-0.25, -0.2) is 9.97 Å². The van der Waals surface area contributed by atoms with E-state index in [2.05, 4.69) is 9.88 Å². The topological polar surface area (TPSA) is 137 Å². The summed E-state index contributed by atoms with van der Waals surface area (Å²) in [7, 11) is 0. The highest BCUT2D eigenvalue weighted by Crippen LogP contribution is 2.39. The Morgan fingerprint density at radius 3 is 2.72 bits per heavy atom. The van der Waals surface area contributed by atoms with E-state index in [1.165, 1.54) is 11.3 Å². The summed E-state index contributed by atoms with van der Waals surface area (Å²) in [5, 5.41) is 0.637. The summed E-state index contributed by atoms with van der Waals surface area (Å²) in [4.78, 5) is 24.1. The van der Waals surface area contributed by atoms with E-state index >= 15 is 0 Å². The Hall–Kier alpha value is -2.65. The largest absolute Gasteiger partial charge is 0.472 e. The Morgan fingerprint density at radius 1 is 1.32 bits per heavy atom. The molecule has 25 heavy (non-hydrogen) atoms. The molecule has 1 amide bonds. The number of anilines is 2. The highest BCUT2D eigenvalue weighted by Gasteiger charge is 2.24. The molecule has 1 fully saturated rings. The van der Waals surface area contributed by atoms with Crippen LogP contribution in [-0.4, -0.2) is 35.0 Å². The first kappa shape index (κ1) is 15.9. The first-order valence-electron chi connectivity index (χ1n) is 7.97. The second-order valence-electron chi connectivity index (χ2n) is 6.10. The van der Waals surface area contributed by atoms with Crippen LogP contribution in [0.1, 0.15) is 22.5 Å². The number of nitrogens with two attached hydrogens (primary N) is 3. The molecule has 1 saturated heterocycles. The first-order chi connectivity index (χ1) is 12.0. The monoisotopic (exact) mass is 358 g/mol. The third kappa shape index (κ3) is 2.71. The SMILES string of the molecule is NC(=O)c1sc2nc(N3CCC(N)CC3)nc(-c3ccoc3)c2c1N. The van der Waals surface area contributed by atoms with Gasteiger partial charge in [-0.3, -0.25) is 4.79 Å². The number of carbonyl (C=O) groups excluding carboxylic acids is 1. The predicted octanol–water partition coefficient (Wildman–Crippen LogP) is 1.56. The Bertz CT molecular complexity index is 928. The lowest BCUT2D eigenvalue weighted by molar-refractivity contribution is 0.100. The van der Waals surface area contributed by atoms with Gasteiger partial charge in [0.1, 0.15) is 9.71 Å². The van der Waals surface area contributed by atoms with Crippen molar-refractivity contribution < 1.29 is 9.21 Å². The maximum atomic E-state index is 11.7. The van der Waals surface area contributed by atoms with E-state index in [0.29, 0.717) is 32.4 Å². The molecule has 1 aliphatic heterocycles. The van der Waals surface area contributed by atoms with Crippen LogP contribution >= 0.6 is 11.3 Å². The molecule has 0 saturated carbocycles. The maximum Gasteiger partial charge on any atom is 0.260 e. The van der Waals surface area contributed by atoms with Crippen molar-refractivity contribution in [1.29, 1.82) is 0 Å². The van der Waals surface area contributed by atoms with Crippen molar-refractivity contribution >= 4 is 39.1 Å². The molecule has 1 aliphatic rings. The van der Waals surface area contributed by atoms with Crippen molar-refractivity contribution in [3.63, 3.8) is 0 Å². The van der Waals surface area contributed by atoms with Crippen LogP contribution in [0.5, 0.6) is 0 Å². The van der Waals surface area contributed by atoms with Gasteiger partial charge in [0.15, 0.2) is 0 Å². The van der Waals surface area contributed by atoms with Gasteiger partial charge in [-0.1, -0.05) is 0 Å². The van der Waals surface area contributed by atoms with Crippen molar-refractivity contribution in [1.82, 2.24) is 9.97 Å². The zero-order valence-corrected chi connectivity index (χ0v) is 14.3. The van der Waals surface area contributed by atoms with Gasteiger partial charge in [-0.05, 0) is 18.9 Å². The first-order valence-corrected chi connectivity index (χ1v) is 8.79. The molecule has 0 unspecified atom stereocenters. The fourth-order valence-electron chi connectivity index (χ4n) is 3.04. The third-order valence-corrected chi connectivity index (χ3v) is 5.53. The molecule has 3 aromatic heterocycles. The van der Waals surface area contributed by atoms with E-state index < -0.39 is 5.91 Å². The number of furan rings is 1. The summed E-state index contributed by atoms with van der Waals surface area (Å²) < 4.78 is 5.19. The maximum absolute atomic E-state index is 11.7. The van der Waals surface area contributed by atoms with Gasteiger partial charge in [0.25, 0.3) is 5.91 Å². The fraction of sp³-hybridized carbons (Fsp3) is 0.312. The van der Waals surface area contributed by atoms with Gasteiger partial charge in [0.2, 0.25) is 5.95 Å². The van der Waals surface area contributed by atoms with Crippen LogP contribution < -0.4 is 22.1 Å². The van der Waals surface area contributed by atoms with Gasteiger partial charge in [0, 0.05) is 24.7 Å². The number of hydrogen-bond acceptors (Lipinski definition) is 8. The van der Waals surface area contributed by atoms with Crippen molar-refractivity contribution in [3.8, 4) is 11.3 Å². The van der Waals surface area contributed by atoms with Gasteiger partial charge < -0.3 is 26.5 Å². The van der Waals surface area contributed by atoms with Gasteiger partial charge in [-0.15, -0.1) is 11.3 Å². The number of carbonyl (C=O) groups is 1. The number of fused-ring (bicyclic) bond motifs is 1. The van der Waals surface area contributed by atoms with E-state index in [1.54, 1.807) is 18.6 Å². The molecule has 4 rings (SSSR count). The summed E-state index contributed by atoms with van der Waals surface area (Å²) in [6.07, 6.45) is 4.95. The summed E-state index contributed by atoms with van der Waals surface area (Å²) >= 11 is 1.19. The molecular weight excluding hydrogens is 340 g/mol. The molecule has 0 aliphatic carbocycles. The van der Waals surface area contributed by atoms with Crippen molar-refractivity contribution in [2.45, 2.75) is 18.9 Å². The molecular formula is C16H18N6O2S. The smallest absolute Gasteiger partial charge is 0.260 e. The van der Waals surface area contributed by atoms with Crippen LogP contribution in [0.2, 0.25) is 0 Å². The average molecular weight is 358 g/mol. The Morgan fingerprint density at radius 2 is 2.08 bits per heavy atom. The molecule has 0 radical (unpaired) electrons. The summed E-state index contributed by atoms with van der Waals surface area (Å²) in [5.41, 5.74) is 19.3. The average Bonchev–Trinajstić information content (AvgIpc) is 3.23. The van der Waals surface area contributed by atoms with Gasteiger partial charge in [-0.2, -0.15) is 0 Å². The number of aromatic nitrogens is 2. The van der Waals surface area contributed by atoms with E-state index in [0.717, 1.165) is 31.5 Å². The van der Waals surface area contributed by atoms with Crippen molar-refractivity contribution in [2.75, 3.05) is 23.7 Å². The zero-order chi connectivity index (χ0) is 17.6. The van der Waals surface area contributed by atoms with E-state index in [9.17, 15) is 4.79 Å². The molecule has 6 N–H and O–H groups in total. The van der Waals surface area contributed by atoms with Crippen LogP contribution in [0.3, 0.4) is 0 Å². The second kappa shape index (κ2) is 6.01. The minimum atomic E-state index is -0.566. The number of hydrogen-bond donors (Lipinski definition) is 3. The number of rotatable bonds is 3. The number of nitrogens with zero attached hydrogens (tertiary/aromatic N) is 3. The molecule has 4 heterocycles. The van der Waals surface area contributed by atoms with Gasteiger partial charge >= 0.3 is 0 Å². The number of primary amides is 1. The normalized spacial score (nSPS) is 15.8. The number of thiophene rings is 1. The lowest BCUT2D eigenvalue weighted by Gasteiger charge is -2.30. The molecule has 0 aromatic carbocycles. The Kier molecular flexibility index (Phi) is 3.81. The molecule has 9 heteroatoms. The van der Waals surface area contributed by atoms with E-state index in [-0.39, 0.29) is 6.04 Å². The lowest BCUT2D eigenvalue weighted by Crippen LogP contribution is -2.40. The molecule has 8 nitrogen and oxygen atoms in total. The fourth-order valence-corrected chi connectivity index (χ4v) is 3.98. The van der Waals surface area contributed by atoms with E-state index in [4.69, 9.17) is 26.6 Å². The molecule has 130 valence electrons. The van der Waals surface area contributed by atoms with Crippen molar-refractivity contribution in [3.05, 3.63) is 23.5 Å².